The zero-order valence-corrected chi connectivity index (χ0v) is 12.3. The molecule has 1 rings (SSSR count). The van der Waals surface area contributed by atoms with Gasteiger partial charge in [-0.25, -0.2) is 0 Å². The molecule has 5 heteroatoms. The Balaban J connectivity index is 2.80. The molecule has 19 heavy (non-hydrogen) atoms. The van der Waals surface area contributed by atoms with Crippen molar-refractivity contribution in [3.63, 3.8) is 0 Å². The molecular weight excluding hydrogens is 266 g/mol. The molecule has 0 radical (unpaired) electrons. The molecule has 0 bridgehead atoms. The molecule has 0 fully saturated rings. The van der Waals surface area contributed by atoms with Gasteiger partial charge in [0.2, 0.25) is 0 Å². The Morgan fingerprint density at radius 2 is 2.16 bits per heavy atom. The van der Waals surface area contributed by atoms with E-state index in [1.165, 1.54) is 13.0 Å². The summed E-state index contributed by atoms with van der Waals surface area (Å²) in [4.78, 5) is 13.4. The van der Waals surface area contributed by atoms with E-state index >= 15 is 0 Å². The largest absolute Gasteiger partial charge is 0.507 e. The number of carbonyl (C=O) groups excluding carboxylic acids is 1. The number of ether oxygens (including phenoxy) is 1. The summed E-state index contributed by atoms with van der Waals surface area (Å²) < 4.78 is 5.27. The number of phenolic OH excluding ortho intramolecular Hbond substituents is 1. The van der Waals surface area contributed by atoms with Crippen molar-refractivity contribution in [3.05, 3.63) is 28.3 Å². The molecule has 0 aliphatic heterocycles. The van der Waals surface area contributed by atoms with Crippen molar-refractivity contribution in [2.24, 2.45) is 0 Å². The average molecular weight is 286 g/mol. The first-order valence-corrected chi connectivity index (χ1v) is 6.62. The summed E-state index contributed by atoms with van der Waals surface area (Å²) in [5.41, 5.74) is 0.914. The Morgan fingerprint density at radius 3 is 2.74 bits per heavy atom. The van der Waals surface area contributed by atoms with E-state index in [1.807, 2.05) is 18.9 Å². The summed E-state index contributed by atoms with van der Waals surface area (Å²) in [6, 6.07) is 3.17. The number of ketones is 1. The number of hydrogen-bond acceptors (Lipinski definition) is 4. The van der Waals surface area contributed by atoms with Gasteiger partial charge in [0.05, 0.1) is 12.2 Å². The molecule has 0 aromatic heterocycles. The molecule has 0 unspecified atom stereocenters. The van der Waals surface area contributed by atoms with Crippen LogP contribution in [-0.4, -0.2) is 42.6 Å². The minimum atomic E-state index is -0.196. The second-order valence-corrected chi connectivity index (χ2v) is 4.89. The van der Waals surface area contributed by atoms with Crippen molar-refractivity contribution >= 4 is 17.4 Å². The fraction of sp³-hybridized carbons (Fsp3) is 0.500. The van der Waals surface area contributed by atoms with Gasteiger partial charge in [-0.1, -0.05) is 11.6 Å². The van der Waals surface area contributed by atoms with Crippen LogP contribution in [0, 0.1) is 0 Å². The first kappa shape index (κ1) is 16.0. The van der Waals surface area contributed by atoms with Crippen molar-refractivity contribution in [1.29, 1.82) is 0 Å². The molecule has 106 valence electrons. The molecule has 0 saturated carbocycles. The lowest BCUT2D eigenvalue weighted by Crippen LogP contribution is -2.23. The minimum absolute atomic E-state index is 0.0140. The normalized spacial score (nSPS) is 11.0. The number of aromatic hydroxyl groups is 1. The number of nitrogens with zero attached hydrogens (tertiary/aromatic N) is 1. The fourth-order valence-corrected chi connectivity index (χ4v) is 2.02. The Labute approximate surface area is 118 Å². The number of Topliss-reactive ketones (excluding diaryl/α,β-unsaturated/α-hetero) is 1. The van der Waals surface area contributed by atoms with E-state index in [0.717, 1.165) is 6.54 Å². The lowest BCUT2D eigenvalue weighted by Gasteiger charge is -2.18. The van der Waals surface area contributed by atoms with Gasteiger partial charge < -0.3 is 9.84 Å². The maximum atomic E-state index is 11.4. The van der Waals surface area contributed by atoms with Crippen molar-refractivity contribution in [1.82, 2.24) is 4.90 Å². The molecule has 0 aliphatic carbocycles. The SMILES string of the molecule is CCOCCN(C)Cc1cc(Cl)cc(C(C)=O)c1O. The second-order valence-electron chi connectivity index (χ2n) is 4.45. The summed E-state index contributed by atoms with van der Waals surface area (Å²) in [5.74, 6) is -0.182. The monoisotopic (exact) mass is 285 g/mol. The summed E-state index contributed by atoms with van der Waals surface area (Å²) in [7, 11) is 1.92. The third kappa shape index (κ3) is 4.82. The number of hydrogen-bond donors (Lipinski definition) is 1. The predicted molar refractivity (Wildman–Crippen MR) is 75.9 cm³/mol. The highest BCUT2D eigenvalue weighted by Gasteiger charge is 2.14. The van der Waals surface area contributed by atoms with Crippen LogP contribution in [0.25, 0.3) is 0 Å². The van der Waals surface area contributed by atoms with Crippen LogP contribution in [0.5, 0.6) is 5.75 Å². The number of phenols is 1. The highest BCUT2D eigenvalue weighted by molar-refractivity contribution is 6.31. The number of likely N-dealkylation sites (N-methyl/N-ethyl adjacent to an activating group) is 1. The number of halogens is 1. The first-order valence-electron chi connectivity index (χ1n) is 6.24. The molecule has 1 N–H and O–H groups in total. The third-order valence-corrected chi connectivity index (χ3v) is 3.01. The van der Waals surface area contributed by atoms with E-state index < -0.39 is 0 Å². The van der Waals surface area contributed by atoms with Gasteiger partial charge in [0, 0.05) is 30.3 Å². The summed E-state index contributed by atoms with van der Waals surface area (Å²) in [6.45, 7) is 5.93. The number of carbonyl (C=O) groups is 1. The first-order chi connectivity index (χ1) is 8.95. The molecule has 0 saturated heterocycles. The average Bonchev–Trinajstić information content (AvgIpc) is 2.33. The van der Waals surface area contributed by atoms with Crippen LogP contribution in [0.1, 0.15) is 29.8 Å². The van der Waals surface area contributed by atoms with E-state index in [1.54, 1.807) is 6.07 Å². The summed E-state index contributed by atoms with van der Waals surface area (Å²) in [6.07, 6.45) is 0. The summed E-state index contributed by atoms with van der Waals surface area (Å²) >= 11 is 5.97. The van der Waals surface area contributed by atoms with Crippen molar-refractivity contribution in [3.8, 4) is 5.75 Å². The quantitative estimate of drug-likeness (QED) is 0.618. The third-order valence-electron chi connectivity index (χ3n) is 2.79. The summed E-state index contributed by atoms with van der Waals surface area (Å²) in [5, 5.41) is 10.5. The maximum absolute atomic E-state index is 11.4. The molecule has 0 spiro atoms. The number of benzene rings is 1. The Morgan fingerprint density at radius 1 is 1.47 bits per heavy atom. The van der Waals surface area contributed by atoms with E-state index in [0.29, 0.717) is 30.3 Å². The van der Waals surface area contributed by atoms with Crippen LogP contribution in [0.3, 0.4) is 0 Å². The lowest BCUT2D eigenvalue weighted by atomic mass is 10.1. The van der Waals surface area contributed by atoms with Crippen molar-refractivity contribution in [2.75, 3.05) is 26.8 Å². The maximum Gasteiger partial charge on any atom is 0.163 e. The predicted octanol–water partition coefficient (Wildman–Crippen LogP) is 2.72. The molecular formula is C14H20ClNO3. The smallest absolute Gasteiger partial charge is 0.163 e. The molecule has 0 aliphatic rings. The molecule has 0 atom stereocenters. The van der Waals surface area contributed by atoms with E-state index in [2.05, 4.69) is 0 Å². The van der Waals surface area contributed by atoms with Gasteiger partial charge in [-0.2, -0.15) is 0 Å². The van der Waals surface area contributed by atoms with Gasteiger partial charge in [0.15, 0.2) is 5.78 Å². The van der Waals surface area contributed by atoms with Crippen molar-refractivity contribution < 1.29 is 14.6 Å². The zero-order chi connectivity index (χ0) is 14.4. The van der Waals surface area contributed by atoms with Gasteiger partial charge in [-0.05, 0) is 33.0 Å². The highest BCUT2D eigenvalue weighted by Crippen LogP contribution is 2.28. The Hall–Kier alpha value is -1.10. The van der Waals surface area contributed by atoms with Gasteiger partial charge in [-0.15, -0.1) is 0 Å². The molecule has 1 aromatic carbocycles. The van der Waals surface area contributed by atoms with Crippen LogP contribution < -0.4 is 0 Å². The number of rotatable bonds is 7. The standard InChI is InChI=1S/C14H20ClNO3/c1-4-19-6-5-16(3)9-11-7-12(15)8-13(10(2)17)14(11)18/h7-8,18H,4-6,9H2,1-3H3. The van der Waals surface area contributed by atoms with E-state index in [4.69, 9.17) is 16.3 Å². The van der Waals surface area contributed by atoms with Gasteiger partial charge >= 0.3 is 0 Å². The molecule has 0 amide bonds. The van der Waals surface area contributed by atoms with Gasteiger partial charge in [0.25, 0.3) is 0 Å². The Bertz CT molecular complexity index is 449. The molecule has 0 heterocycles. The van der Waals surface area contributed by atoms with E-state index in [9.17, 15) is 9.90 Å². The van der Waals surface area contributed by atoms with Gasteiger partial charge in [0.1, 0.15) is 5.75 Å². The van der Waals surface area contributed by atoms with Crippen molar-refractivity contribution in [2.45, 2.75) is 20.4 Å². The minimum Gasteiger partial charge on any atom is -0.507 e. The van der Waals surface area contributed by atoms with Crippen LogP contribution in [0.2, 0.25) is 5.02 Å². The lowest BCUT2D eigenvalue weighted by molar-refractivity contribution is 0.101. The van der Waals surface area contributed by atoms with Crippen LogP contribution >= 0.6 is 11.6 Å². The fourth-order valence-electron chi connectivity index (χ4n) is 1.78. The Kier molecular flexibility index (Phi) is 6.28. The molecule has 4 nitrogen and oxygen atoms in total. The highest BCUT2D eigenvalue weighted by atomic mass is 35.5. The second kappa shape index (κ2) is 7.48. The van der Waals surface area contributed by atoms with Gasteiger partial charge in [-0.3, -0.25) is 9.69 Å². The zero-order valence-electron chi connectivity index (χ0n) is 11.6. The topological polar surface area (TPSA) is 49.8 Å². The van der Waals surface area contributed by atoms with E-state index in [-0.39, 0.29) is 17.1 Å². The van der Waals surface area contributed by atoms with Crippen LogP contribution in [0.4, 0.5) is 0 Å². The van der Waals surface area contributed by atoms with Crippen LogP contribution in [0.15, 0.2) is 12.1 Å². The van der Waals surface area contributed by atoms with Crippen LogP contribution in [-0.2, 0) is 11.3 Å². The molecule has 1 aromatic rings.